The van der Waals surface area contributed by atoms with Crippen molar-refractivity contribution in [2.45, 2.75) is 57.2 Å². The fourth-order valence-electron chi connectivity index (χ4n) is 3.81. The predicted molar refractivity (Wildman–Crippen MR) is 103 cm³/mol. The first kappa shape index (κ1) is 19.0. The lowest BCUT2D eigenvalue weighted by Crippen LogP contribution is -2.37. The Morgan fingerprint density at radius 2 is 2.31 bits per heavy atom. The molecule has 142 valence electrons. The van der Waals surface area contributed by atoms with Gasteiger partial charge in [-0.1, -0.05) is 6.07 Å². The average molecular weight is 358 g/mol. The highest BCUT2D eigenvalue weighted by Crippen LogP contribution is 2.28. The Bertz CT molecular complexity index is 672. The van der Waals surface area contributed by atoms with Crippen LogP contribution in [0.3, 0.4) is 0 Å². The van der Waals surface area contributed by atoms with Crippen molar-refractivity contribution in [2.24, 2.45) is 5.73 Å². The van der Waals surface area contributed by atoms with Crippen molar-refractivity contribution in [3.05, 3.63) is 47.8 Å². The standard InChI is InChI=1S/C20H31N5O/c1-26-14-13-25-12-11-22-19(25)15-17(7-3-9-21)24-18-8-2-5-16-6-4-10-23-20(16)18/h4,6,10-12,17-18,24H,2-3,5,7-9,13-15,21H2,1H3. The monoisotopic (exact) mass is 357 g/mol. The fourth-order valence-corrected chi connectivity index (χ4v) is 3.81. The number of nitrogens with one attached hydrogen (secondary N) is 1. The van der Waals surface area contributed by atoms with Crippen molar-refractivity contribution in [3.8, 4) is 0 Å². The smallest absolute Gasteiger partial charge is 0.110 e. The molecule has 26 heavy (non-hydrogen) atoms. The van der Waals surface area contributed by atoms with Crippen LogP contribution in [-0.2, 0) is 24.1 Å². The number of aryl methyl sites for hydroxylation is 1. The molecule has 0 saturated heterocycles. The van der Waals surface area contributed by atoms with Gasteiger partial charge in [0.05, 0.1) is 12.3 Å². The third-order valence-electron chi connectivity index (χ3n) is 5.16. The first-order chi connectivity index (χ1) is 12.8. The van der Waals surface area contributed by atoms with E-state index in [0.717, 1.165) is 51.0 Å². The summed E-state index contributed by atoms with van der Waals surface area (Å²) >= 11 is 0. The van der Waals surface area contributed by atoms with Gasteiger partial charge in [0.25, 0.3) is 0 Å². The summed E-state index contributed by atoms with van der Waals surface area (Å²) in [7, 11) is 1.73. The number of aromatic nitrogens is 3. The van der Waals surface area contributed by atoms with Crippen molar-refractivity contribution in [2.75, 3.05) is 20.3 Å². The van der Waals surface area contributed by atoms with Crippen LogP contribution in [0.2, 0.25) is 0 Å². The van der Waals surface area contributed by atoms with Crippen LogP contribution in [0.1, 0.15) is 48.8 Å². The first-order valence-corrected chi connectivity index (χ1v) is 9.70. The number of hydrogen-bond donors (Lipinski definition) is 2. The van der Waals surface area contributed by atoms with E-state index in [9.17, 15) is 0 Å². The summed E-state index contributed by atoms with van der Waals surface area (Å²) < 4.78 is 7.40. The summed E-state index contributed by atoms with van der Waals surface area (Å²) in [6.07, 6.45) is 12.3. The number of pyridine rings is 1. The zero-order valence-electron chi connectivity index (χ0n) is 15.7. The highest BCUT2D eigenvalue weighted by atomic mass is 16.5. The van der Waals surface area contributed by atoms with Gasteiger partial charge in [-0.3, -0.25) is 4.98 Å². The van der Waals surface area contributed by atoms with Gasteiger partial charge in [0.2, 0.25) is 0 Å². The molecule has 0 spiro atoms. The van der Waals surface area contributed by atoms with Crippen molar-refractivity contribution in [1.82, 2.24) is 19.9 Å². The van der Waals surface area contributed by atoms with E-state index in [4.69, 9.17) is 10.5 Å². The zero-order valence-corrected chi connectivity index (χ0v) is 15.7. The van der Waals surface area contributed by atoms with E-state index in [1.54, 1.807) is 7.11 Å². The van der Waals surface area contributed by atoms with Crippen LogP contribution in [0.25, 0.3) is 0 Å². The SMILES string of the molecule is COCCn1ccnc1CC(CCCN)NC1CCCc2cccnc21. The van der Waals surface area contributed by atoms with Gasteiger partial charge >= 0.3 is 0 Å². The third-order valence-corrected chi connectivity index (χ3v) is 5.16. The van der Waals surface area contributed by atoms with Gasteiger partial charge < -0.3 is 20.4 Å². The lowest BCUT2D eigenvalue weighted by molar-refractivity contribution is 0.186. The molecule has 3 rings (SSSR count). The molecule has 6 nitrogen and oxygen atoms in total. The molecule has 0 saturated carbocycles. The second kappa shape index (κ2) is 9.80. The molecule has 2 atom stereocenters. The molecule has 6 heteroatoms. The summed E-state index contributed by atoms with van der Waals surface area (Å²) in [5, 5.41) is 3.87. The average Bonchev–Trinajstić information content (AvgIpc) is 3.11. The van der Waals surface area contributed by atoms with Crippen LogP contribution in [-0.4, -0.2) is 40.8 Å². The van der Waals surface area contributed by atoms with E-state index in [1.165, 1.54) is 17.7 Å². The lowest BCUT2D eigenvalue weighted by Gasteiger charge is -2.30. The lowest BCUT2D eigenvalue weighted by atomic mass is 9.91. The number of hydrogen-bond acceptors (Lipinski definition) is 5. The second-order valence-electron chi connectivity index (χ2n) is 7.02. The zero-order chi connectivity index (χ0) is 18.2. The number of ether oxygens (including phenoxy) is 1. The summed E-state index contributed by atoms with van der Waals surface area (Å²) in [6, 6.07) is 4.92. The molecule has 1 aliphatic rings. The quantitative estimate of drug-likeness (QED) is 0.682. The maximum absolute atomic E-state index is 5.78. The van der Waals surface area contributed by atoms with Gasteiger partial charge in [0, 0.05) is 50.7 Å². The largest absolute Gasteiger partial charge is 0.383 e. The summed E-state index contributed by atoms with van der Waals surface area (Å²) in [6.45, 7) is 2.25. The molecule has 0 radical (unpaired) electrons. The minimum atomic E-state index is 0.324. The number of fused-ring (bicyclic) bond motifs is 1. The number of nitrogens with two attached hydrogens (primary N) is 1. The Morgan fingerprint density at radius 3 is 3.15 bits per heavy atom. The summed E-state index contributed by atoms with van der Waals surface area (Å²) in [4.78, 5) is 9.24. The van der Waals surface area contributed by atoms with Crippen molar-refractivity contribution in [3.63, 3.8) is 0 Å². The molecule has 2 aromatic heterocycles. The van der Waals surface area contributed by atoms with E-state index >= 15 is 0 Å². The highest BCUT2D eigenvalue weighted by molar-refractivity contribution is 5.25. The van der Waals surface area contributed by atoms with E-state index in [-0.39, 0.29) is 0 Å². The molecule has 0 amide bonds. The first-order valence-electron chi connectivity index (χ1n) is 9.70. The Hall–Kier alpha value is -1.76. The fraction of sp³-hybridized carbons (Fsp3) is 0.600. The Labute approximate surface area is 156 Å². The van der Waals surface area contributed by atoms with E-state index in [0.29, 0.717) is 18.7 Å². The van der Waals surface area contributed by atoms with E-state index in [2.05, 4.69) is 25.9 Å². The highest BCUT2D eigenvalue weighted by Gasteiger charge is 2.24. The van der Waals surface area contributed by atoms with Crippen LogP contribution >= 0.6 is 0 Å². The number of imidazole rings is 1. The van der Waals surface area contributed by atoms with Gasteiger partial charge in [-0.2, -0.15) is 0 Å². The van der Waals surface area contributed by atoms with Crippen LogP contribution in [0.5, 0.6) is 0 Å². The van der Waals surface area contributed by atoms with E-state index < -0.39 is 0 Å². The molecular formula is C20H31N5O. The molecule has 0 aliphatic heterocycles. The number of rotatable bonds is 10. The van der Waals surface area contributed by atoms with Crippen LogP contribution in [0, 0.1) is 0 Å². The second-order valence-corrected chi connectivity index (χ2v) is 7.02. The molecule has 1 aliphatic carbocycles. The van der Waals surface area contributed by atoms with Crippen molar-refractivity contribution < 1.29 is 4.74 Å². The molecule has 2 heterocycles. The topological polar surface area (TPSA) is 78.0 Å². The van der Waals surface area contributed by atoms with Crippen molar-refractivity contribution in [1.29, 1.82) is 0 Å². The van der Waals surface area contributed by atoms with Gasteiger partial charge in [-0.25, -0.2) is 4.98 Å². The molecule has 3 N–H and O–H groups in total. The molecule has 2 unspecified atom stereocenters. The third kappa shape index (κ3) is 4.90. The Morgan fingerprint density at radius 1 is 1.38 bits per heavy atom. The van der Waals surface area contributed by atoms with Crippen LogP contribution in [0.4, 0.5) is 0 Å². The Balaban J connectivity index is 1.70. The van der Waals surface area contributed by atoms with Gasteiger partial charge in [-0.15, -0.1) is 0 Å². The number of nitrogens with zero attached hydrogens (tertiary/aromatic N) is 3. The molecule has 2 aromatic rings. The molecule has 0 fully saturated rings. The maximum atomic E-state index is 5.78. The molecule has 0 bridgehead atoms. The normalized spacial score (nSPS) is 17.8. The van der Waals surface area contributed by atoms with E-state index in [1.807, 2.05) is 24.7 Å². The number of methoxy groups -OCH3 is 1. The Kier molecular flexibility index (Phi) is 7.17. The predicted octanol–water partition coefficient (Wildman–Crippen LogP) is 2.24. The summed E-state index contributed by atoms with van der Waals surface area (Å²) in [5.41, 5.74) is 8.38. The minimum absolute atomic E-state index is 0.324. The molecular weight excluding hydrogens is 326 g/mol. The van der Waals surface area contributed by atoms with Crippen LogP contribution < -0.4 is 11.1 Å². The van der Waals surface area contributed by atoms with Gasteiger partial charge in [0.1, 0.15) is 5.82 Å². The van der Waals surface area contributed by atoms with Gasteiger partial charge in [-0.05, 0) is 50.3 Å². The van der Waals surface area contributed by atoms with Crippen molar-refractivity contribution >= 4 is 0 Å². The molecule has 0 aromatic carbocycles. The van der Waals surface area contributed by atoms with Crippen LogP contribution in [0.15, 0.2) is 30.7 Å². The summed E-state index contributed by atoms with van der Waals surface area (Å²) in [5.74, 6) is 1.11. The maximum Gasteiger partial charge on any atom is 0.110 e. The minimum Gasteiger partial charge on any atom is -0.383 e. The van der Waals surface area contributed by atoms with Gasteiger partial charge in [0.15, 0.2) is 0 Å².